The third kappa shape index (κ3) is 8.19. The molecule has 72 heavy (non-hydrogen) atoms. The van der Waals surface area contributed by atoms with E-state index in [4.69, 9.17) is 8.83 Å². The number of rotatable bonds is 12. The van der Waals surface area contributed by atoms with Gasteiger partial charge in [-0.3, -0.25) is 0 Å². The average Bonchev–Trinajstić information content (AvgIpc) is 3.92. The number of anilines is 6. The summed E-state index contributed by atoms with van der Waals surface area (Å²) >= 11 is 0. The summed E-state index contributed by atoms with van der Waals surface area (Å²) in [5, 5.41) is 9.17. The van der Waals surface area contributed by atoms with E-state index in [0.29, 0.717) is 23.7 Å². The molecule has 362 valence electrons. The maximum Gasteiger partial charge on any atom is 0.178 e. The van der Waals surface area contributed by atoms with Crippen LogP contribution >= 0.6 is 0 Å². The Kier molecular flexibility index (Phi) is 12.0. The lowest BCUT2D eigenvalue weighted by atomic mass is 9.84. The summed E-state index contributed by atoms with van der Waals surface area (Å²) < 4.78 is 14.3. The van der Waals surface area contributed by atoms with Crippen molar-refractivity contribution in [1.29, 1.82) is 0 Å². The second kappa shape index (κ2) is 18.4. The summed E-state index contributed by atoms with van der Waals surface area (Å²) in [6.45, 7) is 27.3. The van der Waals surface area contributed by atoms with Crippen molar-refractivity contribution in [2.75, 3.05) is 9.80 Å². The van der Waals surface area contributed by atoms with Gasteiger partial charge in [-0.1, -0.05) is 144 Å². The van der Waals surface area contributed by atoms with Crippen LogP contribution in [-0.4, -0.2) is 0 Å². The van der Waals surface area contributed by atoms with E-state index in [2.05, 4.69) is 251 Å². The average molecular weight is 945 g/mol. The predicted octanol–water partition coefficient (Wildman–Crippen LogP) is 21.5. The molecule has 0 bridgehead atoms. The highest BCUT2D eigenvalue weighted by atomic mass is 16.4. The summed E-state index contributed by atoms with van der Waals surface area (Å²) in [5.74, 6) is 2.32. The van der Waals surface area contributed by atoms with Crippen LogP contribution in [0.4, 0.5) is 34.1 Å². The zero-order valence-corrected chi connectivity index (χ0v) is 44.2. The van der Waals surface area contributed by atoms with Gasteiger partial charge in [-0.2, -0.15) is 0 Å². The third-order valence-corrected chi connectivity index (χ3v) is 15.2. The summed E-state index contributed by atoms with van der Waals surface area (Å²) in [4.78, 5) is 4.75. The second-order valence-corrected chi connectivity index (χ2v) is 22.2. The van der Waals surface area contributed by atoms with Crippen molar-refractivity contribution in [3.63, 3.8) is 0 Å². The number of nitrogens with zero attached hydrogens (tertiary/aromatic N) is 2. The fourth-order valence-electron chi connectivity index (χ4n) is 11.2. The number of hydrogen-bond acceptors (Lipinski definition) is 4. The lowest BCUT2D eigenvalue weighted by Crippen LogP contribution is -2.10. The third-order valence-electron chi connectivity index (χ3n) is 15.2. The molecule has 0 N–H and O–H groups in total. The molecule has 9 aromatic carbocycles. The van der Waals surface area contributed by atoms with Crippen molar-refractivity contribution < 1.29 is 8.83 Å². The van der Waals surface area contributed by atoms with E-state index < -0.39 is 0 Å². The molecule has 0 atom stereocenters. The number of hydrogen-bond donors (Lipinski definition) is 0. The van der Waals surface area contributed by atoms with Crippen LogP contribution in [0.15, 0.2) is 167 Å². The molecule has 2 heterocycles. The Hall–Kier alpha value is -7.30. The van der Waals surface area contributed by atoms with Gasteiger partial charge in [0.15, 0.2) is 11.2 Å². The zero-order valence-electron chi connectivity index (χ0n) is 44.2. The fourth-order valence-corrected chi connectivity index (χ4v) is 11.2. The topological polar surface area (TPSA) is 32.8 Å². The van der Waals surface area contributed by atoms with Crippen molar-refractivity contribution in [3.05, 3.63) is 191 Å². The van der Waals surface area contributed by atoms with Gasteiger partial charge in [-0.25, -0.2) is 0 Å². The molecule has 0 amide bonds. The summed E-state index contributed by atoms with van der Waals surface area (Å²) in [5.41, 5.74) is 18.1. The smallest absolute Gasteiger partial charge is 0.178 e. The van der Waals surface area contributed by atoms with E-state index in [0.717, 1.165) is 88.8 Å². The van der Waals surface area contributed by atoms with Crippen molar-refractivity contribution in [3.8, 4) is 0 Å². The van der Waals surface area contributed by atoms with Crippen molar-refractivity contribution in [1.82, 2.24) is 0 Å². The Morgan fingerprint density at radius 2 is 0.556 bits per heavy atom. The van der Waals surface area contributed by atoms with Crippen LogP contribution in [0.2, 0.25) is 0 Å². The molecule has 0 saturated heterocycles. The summed E-state index contributed by atoms with van der Waals surface area (Å²) in [6, 6.07) is 59.1. The van der Waals surface area contributed by atoms with Crippen molar-refractivity contribution in [2.45, 2.75) is 119 Å². The van der Waals surface area contributed by atoms with E-state index in [-0.39, 0.29) is 11.8 Å². The van der Waals surface area contributed by atoms with Gasteiger partial charge in [0.25, 0.3) is 0 Å². The second-order valence-electron chi connectivity index (χ2n) is 22.2. The van der Waals surface area contributed by atoms with Crippen LogP contribution < -0.4 is 9.80 Å². The number of fused-ring (bicyclic) bond motifs is 9. The summed E-state index contributed by atoms with van der Waals surface area (Å²) in [7, 11) is 0. The highest BCUT2D eigenvalue weighted by molar-refractivity contribution is 6.24. The molecule has 4 heteroatoms. The maximum atomic E-state index is 7.15. The molecule has 11 aromatic rings. The number of furan rings is 2. The van der Waals surface area contributed by atoms with Gasteiger partial charge >= 0.3 is 0 Å². The van der Waals surface area contributed by atoms with Crippen molar-refractivity contribution >= 4 is 99.5 Å². The highest BCUT2D eigenvalue weighted by Crippen LogP contribution is 2.50. The SMILES string of the molecule is CC(C)c1ccc(N(c2ccc(C(C)C)cc2)c2ccc3cc4c(cc3c2)oc2c3oc5cc6cc(N(c7ccc(C(C)C)cc7)c7ccc(C(C)C)cc7)ccc6cc5c3c(C(C)C)c(C(C)C)c42)cc1. The van der Waals surface area contributed by atoms with Crippen LogP contribution in [0.5, 0.6) is 0 Å². The first-order valence-corrected chi connectivity index (χ1v) is 26.4. The quantitative estimate of drug-likeness (QED) is 0.122. The minimum absolute atomic E-state index is 0.244. The largest absolute Gasteiger partial charge is 0.452 e. The van der Waals surface area contributed by atoms with Gasteiger partial charge in [0.05, 0.1) is 0 Å². The standard InChI is InChI=1S/C68H68N2O2/c1-39(2)45-13-23-53(24-14-45)69(54-25-15-46(16-26-54)40(3)4)57-31-21-49-35-59-61(37-51(49)33-57)71-67-65(59)63(43(9)10)64(44(11)12)66-60-36-50-22-32-58(34-52(50)38-62(60)72-68(66)67)70(55-27-17-47(18-28-55)41(5)6)56-29-19-48(20-30-56)42(7)8/h13-44H,1-12H3. The van der Waals surface area contributed by atoms with Crippen LogP contribution in [0.25, 0.3) is 65.4 Å². The molecular weight excluding hydrogens is 877 g/mol. The van der Waals surface area contributed by atoms with Gasteiger partial charge in [-0.15, -0.1) is 0 Å². The Morgan fingerprint density at radius 1 is 0.278 bits per heavy atom. The van der Waals surface area contributed by atoms with Crippen LogP contribution in [-0.2, 0) is 0 Å². The van der Waals surface area contributed by atoms with Gasteiger partial charge in [0, 0.05) is 55.7 Å². The van der Waals surface area contributed by atoms with Gasteiger partial charge in [0.2, 0.25) is 0 Å². The van der Waals surface area contributed by atoms with Gasteiger partial charge in [-0.05, 0) is 187 Å². The molecule has 0 aliphatic carbocycles. The molecule has 2 aromatic heterocycles. The molecule has 11 rings (SSSR count). The lowest BCUT2D eigenvalue weighted by Gasteiger charge is -2.26. The minimum atomic E-state index is 0.244. The molecular formula is C68H68N2O2. The minimum Gasteiger partial charge on any atom is -0.452 e. The molecule has 0 saturated carbocycles. The molecule has 0 radical (unpaired) electrons. The Balaban J connectivity index is 1.08. The molecule has 0 spiro atoms. The van der Waals surface area contributed by atoms with E-state index in [1.807, 2.05) is 0 Å². The molecule has 0 unspecified atom stereocenters. The molecule has 4 nitrogen and oxygen atoms in total. The van der Waals surface area contributed by atoms with Crippen LogP contribution in [0.3, 0.4) is 0 Å². The lowest BCUT2D eigenvalue weighted by molar-refractivity contribution is 0.632. The van der Waals surface area contributed by atoms with Crippen LogP contribution in [0.1, 0.15) is 152 Å². The Bertz CT molecular complexity index is 3430. The first-order chi connectivity index (χ1) is 34.6. The maximum absolute atomic E-state index is 7.15. The zero-order chi connectivity index (χ0) is 50.3. The first-order valence-electron chi connectivity index (χ1n) is 26.4. The molecule has 0 aliphatic rings. The van der Waals surface area contributed by atoms with E-state index in [1.165, 1.54) is 44.2 Å². The monoisotopic (exact) mass is 945 g/mol. The van der Waals surface area contributed by atoms with Crippen molar-refractivity contribution in [2.24, 2.45) is 0 Å². The van der Waals surface area contributed by atoms with Gasteiger partial charge < -0.3 is 18.6 Å². The fraction of sp³-hybridized carbons (Fsp3) is 0.265. The molecule has 0 aliphatic heterocycles. The molecule has 0 fully saturated rings. The van der Waals surface area contributed by atoms with E-state index in [9.17, 15) is 0 Å². The van der Waals surface area contributed by atoms with E-state index >= 15 is 0 Å². The number of benzene rings is 9. The van der Waals surface area contributed by atoms with Gasteiger partial charge in [0.1, 0.15) is 11.2 Å². The first kappa shape index (κ1) is 47.0. The summed E-state index contributed by atoms with van der Waals surface area (Å²) in [6.07, 6.45) is 0. The predicted molar refractivity (Wildman–Crippen MR) is 310 cm³/mol. The Morgan fingerprint density at radius 3 is 0.819 bits per heavy atom. The van der Waals surface area contributed by atoms with Crippen LogP contribution in [0, 0.1) is 0 Å². The van der Waals surface area contributed by atoms with E-state index in [1.54, 1.807) is 0 Å². The normalized spacial score (nSPS) is 12.4. The Labute approximate surface area is 425 Å². The highest BCUT2D eigenvalue weighted by Gasteiger charge is 2.28.